The number of hydrogen-bond donors (Lipinski definition) is 0. The van der Waals surface area contributed by atoms with Crippen LogP contribution in [0.2, 0.25) is 0 Å². The van der Waals surface area contributed by atoms with Crippen LogP contribution in [-0.2, 0) is 4.74 Å². The van der Waals surface area contributed by atoms with Crippen LogP contribution >= 0.6 is 0 Å². The van der Waals surface area contributed by atoms with Crippen LogP contribution in [0.3, 0.4) is 0 Å². The molecule has 0 bridgehead atoms. The Morgan fingerprint density at radius 3 is 2.30 bits per heavy atom. The van der Waals surface area contributed by atoms with Crippen LogP contribution in [0.25, 0.3) is 0 Å². The first-order chi connectivity index (χ1) is 9.60. The van der Waals surface area contributed by atoms with Crippen molar-refractivity contribution in [1.82, 2.24) is 0 Å². The topological polar surface area (TPSA) is 50.1 Å². The second kappa shape index (κ2) is 5.98. The van der Waals surface area contributed by atoms with Crippen LogP contribution < -0.4 is 0 Å². The first kappa shape index (κ1) is 13.8. The highest BCUT2D eigenvalue weighted by Crippen LogP contribution is 2.19. The van der Waals surface area contributed by atoms with Gasteiger partial charge in [0.1, 0.15) is 11.9 Å². The zero-order valence-electron chi connectivity index (χ0n) is 10.8. The van der Waals surface area contributed by atoms with Gasteiger partial charge in [-0.1, -0.05) is 12.1 Å². The minimum atomic E-state index is -0.480. The molecule has 0 N–H and O–H groups in total. The van der Waals surface area contributed by atoms with Gasteiger partial charge < -0.3 is 4.74 Å². The van der Waals surface area contributed by atoms with Gasteiger partial charge in [0, 0.05) is 0 Å². The highest BCUT2D eigenvalue weighted by atomic mass is 19.1. The van der Waals surface area contributed by atoms with Crippen LogP contribution in [0, 0.1) is 17.1 Å². The Balaban J connectivity index is 2.06. The fourth-order valence-corrected chi connectivity index (χ4v) is 1.71. The van der Waals surface area contributed by atoms with Gasteiger partial charge >= 0.3 is 5.97 Å². The zero-order valence-corrected chi connectivity index (χ0v) is 10.8. The Hall–Kier alpha value is -2.67. The van der Waals surface area contributed by atoms with Crippen molar-refractivity contribution in [3.63, 3.8) is 0 Å². The third kappa shape index (κ3) is 3.21. The van der Waals surface area contributed by atoms with Crippen molar-refractivity contribution in [2.24, 2.45) is 0 Å². The second-order valence-electron chi connectivity index (χ2n) is 4.29. The van der Waals surface area contributed by atoms with Crippen LogP contribution in [0.15, 0.2) is 48.5 Å². The molecule has 0 saturated heterocycles. The van der Waals surface area contributed by atoms with Crippen molar-refractivity contribution >= 4 is 5.97 Å². The maximum Gasteiger partial charge on any atom is 0.338 e. The molecule has 0 aliphatic heterocycles. The standard InChI is InChI=1S/C16H12FNO2/c1-11(13-6-8-15(17)9-7-13)20-16(19)14-4-2-12(10-18)3-5-14/h2-9,11H,1H3. The molecule has 3 nitrogen and oxygen atoms in total. The predicted molar refractivity (Wildman–Crippen MR) is 71.4 cm³/mol. The summed E-state index contributed by atoms with van der Waals surface area (Å²) < 4.78 is 18.1. The number of halogens is 1. The van der Waals surface area contributed by atoms with E-state index in [9.17, 15) is 9.18 Å². The maximum absolute atomic E-state index is 12.8. The number of carbonyl (C=O) groups excluding carboxylic acids is 1. The molecule has 2 rings (SSSR count). The van der Waals surface area contributed by atoms with Crippen molar-refractivity contribution < 1.29 is 13.9 Å². The Labute approximate surface area is 116 Å². The first-order valence-corrected chi connectivity index (χ1v) is 6.07. The van der Waals surface area contributed by atoms with Crippen LogP contribution in [-0.4, -0.2) is 5.97 Å². The summed E-state index contributed by atoms with van der Waals surface area (Å²) in [7, 11) is 0. The summed E-state index contributed by atoms with van der Waals surface area (Å²) in [6.45, 7) is 1.72. The van der Waals surface area contributed by atoms with E-state index in [2.05, 4.69) is 0 Å². The molecule has 4 heteroatoms. The van der Waals surface area contributed by atoms with E-state index < -0.39 is 12.1 Å². The van der Waals surface area contributed by atoms with Gasteiger partial charge in [-0.2, -0.15) is 5.26 Å². The molecule has 0 aliphatic carbocycles. The maximum atomic E-state index is 12.8. The largest absolute Gasteiger partial charge is 0.454 e. The molecule has 2 aromatic carbocycles. The molecule has 0 aromatic heterocycles. The van der Waals surface area contributed by atoms with E-state index in [1.807, 2.05) is 6.07 Å². The van der Waals surface area contributed by atoms with Crippen molar-refractivity contribution in [3.8, 4) is 6.07 Å². The molecular formula is C16H12FNO2. The van der Waals surface area contributed by atoms with E-state index in [4.69, 9.17) is 10.00 Å². The summed E-state index contributed by atoms with van der Waals surface area (Å²) in [5.41, 5.74) is 1.57. The Morgan fingerprint density at radius 1 is 1.15 bits per heavy atom. The third-order valence-electron chi connectivity index (χ3n) is 2.87. The van der Waals surface area contributed by atoms with Crippen molar-refractivity contribution in [1.29, 1.82) is 5.26 Å². The lowest BCUT2D eigenvalue weighted by atomic mass is 10.1. The Morgan fingerprint density at radius 2 is 1.75 bits per heavy atom. The van der Waals surface area contributed by atoms with E-state index in [1.165, 1.54) is 24.3 Å². The average molecular weight is 269 g/mol. The molecule has 20 heavy (non-hydrogen) atoms. The van der Waals surface area contributed by atoms with E-state index in [-0.39, 0.29) is 5.82 Å². The monoisotopic (exact) mass is 269 g/mol. The quantitative estimate of drug-likeness (QED) is 0.800. The van der Waals surface area contributed by atoms with Crippen LogP contribution in [0.1, 0.15) is 34.5 Å². The average Bonchev–Trinajstić information content (AvgIpc) is 2.48. The fraction of sp³-hybridized carbons (Fsp3) is 0.125. The highest BCUT2D eigenvalue weighted by Gasteiger charge is 2.13. The summed E-state index contributed by atoms with van der Waals surface area (Å²) in [6, 6.07) is 14.0. The summed E-state index contributed by atoms with van der Waals surface area (Å²) in [6.07, 6.45) is -0.473. The summed E-state index contributed by atoms with van der Waals surface area (Å²) >= 11 is 0. The number of carbonyl (C=O) groups is 1. The molecule has 0 amide bonds. The van der Waals surface area contributed by atoms with Crippen molar-refractivity contribution in [2.45, 2.75) is 13.0 Å². The number of hydrogen-bond acceptors (Lipinski definition) is 3. The van der Waals surface area contributed by atoms with E-state index >= 15 is 0 Å². The minimum Gasteiger partial charge on any atom is -0.454 e. The molecule has 0 spiro atoms. The van der Waals surface area contributed by atoms with Gasteiger partial charge in [0.2, 0.25) is 0 Å². The summed E-state index contributed by atoms with van der Waals surface area (Å²) in [4.78, 5) is 11.9. The van der Waals surface area contributed by atoms with E-state index in [0.29, 0.717) is 16.7 Å². The lowest BCUT2D eigenvalue weighted by molar-refractivity contribution is 0.0338. The van der Waals surface area contributed by atoms with Crippen molar-refractivity contribution in [3.05, 3.63) is 71.0 Å². The normalized spacial score (nSPS) is 11.4. The molecule has 0 heterocycles. The van der Waals surface area contributed by atoms with Gasteiger partial charge in [0.25, 0.3) is 0 Å². The fourth-order valence-electron chi connectivity index (χ4n) is 1.71. The van der Waals surface area contributed by atoms with Crippen LogP contribution in [0.5, 0.6) is 0 Å². The molecule has 1 atom stereocenters. The summed E-state index contributed by atoms with van der Waals surface area (Å²) in [5, 5.41) is 8.69. The molecule has 0 aliphatic rings. The molecule has 2 aromatic rings. The molecule has 0 fully saturated rings. The molecular weight excluding hydrogens is 257 g/mol. The van der Waals surface area contributed by atoms with Gasteiger partial charge in [0.05, 0.1) is 17.2 Å². The lowest BCUT2D eigenvalue weighted by Crippen LogP contribution is -2.09. The number of rotatable bonds is 3. The van der Waals surface area contributed by atoms with Crippen LogP contribution in [0.4, 0.5) is 4.39 Å². The van der Waals surface area contributed by atoms with Gasteiger partial charge in [0.15, 0.2) is 0 Å². The lowest BCUT2D eigenvalue weighted by Gasteiger charge is -2.13. The zero-order chi connectivity index (χ0) is 14.5. The first-order valence-electron chi connectivity index (χ1n) is 6.07. The predicted octanol–water partition coefficient (Wildman–Crippen LogP) is 3.62. The Kier molecular flexibility index (Phi) is 4.11. The second-order valence-corrected chi connectivity index (χ2v) is 4.29. The van der Waals surface area contributed by atoms with E-state index in [1.54, 1.807) is 31.2 Å². The number of nitriles is 1. The Bertz CT molecular complexity index is 642. The minimum absolute atomic E-state index is 0.334. The van der Waals surface area contributed by atoms with Gasteiger partial charge in [-0.3, -0.25) is 0 Å². The summed E-state index contributed by atoms with van der Waals surface area (Å²) in [5.74, 6) is -0.814. The molecule has 1 unspecified atom stereocenters. The number of nitrogens with zero attached hydrogens (tertiary/aromatic N) is 1. The van der Waals surface area contributed by atoms with Gasteiger partial charge in [-0.05, 0) is 48.9 Å². The van der Waals surface area contributed by atoms with Crippen molar-refractivity contribution in [2.75, 3.05) is 0 Å². The number of benzene rings is 2. The molecule has 0 radical (unpaired) electrons. The SMILES string of the molecule is CC(OC(=O)c1ccc(C#N)cc1)c1ccc(F)cc1. The smallest absolute Gasteiger partial charge is 0.338 e. The molecule has 0 saturated carbocycles. The van der Waals surface area contributed by atoms with Gasteiger partial charge in [-0.25, -0.2) is 9.18 Å². The van der Waals surface area contributed by atoms with E-state index in [0.717, 1.165) is 0 Å². The van der Waals surface area contributed by atoms with Gasteiger partial charge in [-0.15, -0.1) is 0 Å². The third-order valence-corrected chi connectivity index (χ3v) is 2.87. The number of ether oxygens (including phenoxy) is 1. The highest BCUT2D eigenvalue weighted by molar-refractivity contribution is 5.89. The number of esters is 1. The molecule has 100 valence electrons.